The number of carbonyl (C=O) groups is 1. The number of carboxylic acids is 1. The molecule has 1 unspecified atom stereocenters. The summed E-state index contributed by atoms with van der Waals surface area (Å²) in [6.45, 7) is 1.89. The van der Waals surface area contributed by atoms with Gasteiger partial charge in [0, 0.05) is 37.5 Å². The maximum absolute atomic E-state index is 10.6. The average molecular weight is 250 g/mol. The molecule has 1 N–H and O–H groups in total. The number of pyridine rings is 1. The maximum atomic E-state index is 10.6. The van der Waals surface area contributed by atoms with Crippen LogP contribution in [0.3, 0.4) is 0 Å². The number of aliphatic carboxylic acids is 1. The zero-order valence-corrected chi connectivity index (χ0v) is 10.5. The van der Waals surface area contributed by atoms with Crippen LogP contribution in [0.1, 0.15) is 19.3 Å². The standard InChI is InChI=1S/C13H18N2O3/c1-18-12-8-11(4-6-14-12)15-7-5-10(9-15)2-3-13(16)17/h4,6,8,10H,2-3,5,7,9H2,1H3,(H,16,17). The Morgan fingerprint density at radius 2 is 2.50 bits per heavy atom. The summed E-state index contributed by atoms with van der Waals surface area (Å²) in [5.41, 5.74) is 1.10. The number of hydrogen-bond acceptors (Lipinski definition) is 4. The monoisotopic (exact) mass is 250 g/mol. The van der Waals surface area contributed by atoms with Gasteiger partial charge in [-0.15, -0.1) is 0 Å². The highest BCUT2D eigenvalue weighted by Gasteiger charge is 2.23. The number of rotatable bonds is 5. The minimum absolute atomic E-state index is 0.262. The molecule has 5 heteroatoms. The largest absolute Gasteiger partial charge is 0.481 e. The molecule has 18 heavy (non-hydrogen) atoms. The number of hydrogen-bond donors (Lipinski definition) is 1. The average Bonchev–Trinajstić information content (AvgIpc) is 2.85. The van der Waals surface area contributed by atoms with E-state index in [4.69, 9.17) is 9.84 Å². The maximum Gasteiger partial charge on any atom is 0.303 e. The van der Waals surface area contributed by atoms with E-state index < -0.39 is 5.97 Å². The van der Waals surface area contributed by atoms with E-state index in [1.807, 2.05) is 12.1 Å². The Labute approximate surface area is 106 Å². The zero-order valence-electron chi connectivity index (χ0n) is 10.5. The number of carboxylic acid groups (broad SMARTS) is 1. The molecular weight excluding hydrogens is 232 g/mol. The van der Waals surface area contributed by atoms with Crippen LogP contribution in [0.2, 0.25) is 0 Å². The Balaban J connectivity index is 1.93. The van der Waals surface area contributed by atoms with Crippen LogP contribution in [0.15, 0.2) is 18.3 Å². The van der Waals surface area contributed by atoms with Crippen LogP contribution >= 0.6 is 0 Å². The summed E-state index contributed by atoms with van der Waals surface area (Å²) in [4.78, 5) is 16.9. The van der Waals surface area contributed by atoms with Gasteiger partial charge in [0.25, 0.3) is 0 Å². The predicted octanol–water partition coefficient (Wildman–Crippen LogP) is 1.78. The highest BCUT2D eigenvalue weighted by atomic mass is 16.5. The molecule has 0 spiro atoms. The zero-order chi connectivity index (χ0) is 13.0. The minimum atomic E-state index is -0.709. The number of nitrogens with zero attached hydrogens (tertiary/aromatic N) is 2. The lowest BCUT2D eigenvalue weighted by Gasteiger charge is -2.18. The first-order valence-electron chi connectivity index (χ1n) is 6.16. The van der Waals surface area contributed by atoms with Crippen LogP contribution in [0.4, 0.5) is 5.69 Å². The quantitative estimate of drug-likeness (QED) is 0.863. The van der Waals surface area contributed by atoms with Crippen LogP contribution in [-0.2, 0) is 4.79 Å². The lowest BCUT2D eigenvalue weighted by Crippen LogP contribution is -2.19. The van der Waals surface area contributed by atoms with Gasteiger partial charge in [0.15, 0.2) is 0 Å². The molecule has 0 aliphatic carbocycles. The Kier molecular flexibility index (Phi) is 4.02. The molecule has 5 nitrogen and oxygen atoms in total. The van der Waals surface area contributed by atoms with Gasteiger partial charge in [-0.3, -0.25) is 4.79 Å². The molecule has 0 saturated carbocycles. The number of ether oxygens (including phenoxy) is 1. The van der Waals surface area contributed by atoms with Gasteiger partial charge in [-0.2, -0.15) is 0 Å². The molecule has 1 aromatic rings. The lowest BCUT2D eigenvalue weighted by atomic mass is 10.0. The highest BCUT2D eigenvalue weighted by molar-refractivity contribution is 5.66. The third kappa shape index (κ3) is 3.12. The third-order valence-electron chi connectivity index (χ3n) is 3.35. The fraction of sp³-hybridized carbons (Fsp3) is 0.538. The van der Waals surface area contributed by atoms with E-state index >= 15 is 0 Å². The van der Waals surface area contributed by atoms with Crippen LogP contribution in [0.25, 0.3) is 0 Å². The van der Waals surface area contributed by atoms with Crippen molar-refractivity contribution < 1.29 is 14.6 Å². The molecule has 1 aromatic heterocycles. The van der Waals surface area contributed by atoms with Crippen molar-refractivity contribution in [1.29, 1.82) is 0 Å². The molecule has 0 radical (unpaired) electrons. The second kappa shape index (κ2) is 5.71. The van der Waals surface area contributed by atoms with E-state index in [9.17, 15) is 4.79 Å². The van der Waals surface area contributed by atoms with Crippen molar-refractivity contribution in [3.05, 3.63) is 18.3 Å². The molecule has 1 fully saturated rings. The van der Waals surface area contributed by atoms with Crippen molar-refractivity contribution >= 4 is 11.7 Å². The van der Waals surface area contributed by atoms with Gasteiger partial charge < -0.3 is 14.7 Å². The summed E-state index contributed by atoms with van der Waals surface area (Å²) >= 11 is 0. The van der Waals surface area contributed by atoms with E-state index in [1.54, 1.807) is 13.3 Å². The first-order valence-corrected chi connectivity index (χ1v) is 6.16. The second-order valence-corrected chi connectivity index (χ2v) is 4.59. The summed E-state index contributed by atoms with van der Waals surface area (Å²) in [7, 11) is 1.60. The van der Waals surface area contributed by atoms with Crippen molar-refractivity contribution in [2.24, 2.45) is 5.92 Å². The van der Waals surface area contributed by atoms with Gasteiger partial charge in [0.1, 0.15) is 0 Å². The molecule has 2 rings (SSSR count). The summed E-state index contributed by atoms with van der Waals surface area (Å²) in [5, 5.41) is 8.69. The van der Waals surface area contributed by atoms with Gasteiger partial charge in [-0.05, 0) is 24.8 Å². The molecule has 1 saturated heterocycles. The Morgan fingerprint density at radius 3 is 3.22 bits per heavy atom. The molecular formula is C13H18N2O3. The normalized spacial score (nSPS) is 18.9. The summed E-state index contributed by atoms with van der Waals surface area (Å²) in [6, 6.07) is 3.88. The Bertz CT molecular complexity index is 422. The number of methoxy groups -OCH3 is 1. The molecule has 1 aliphatic heterocycles. The SMILES string of the molecule is COc1cc(N2CCC(CCC(=O)O)C2)ccn1. The summed E-state index contributed by atoms with van der Waals surface area (Å²) in [5.74, 6) is 0.376. The Hall–Kier alpha value is -1.78. The van der Waals surface area contributed by atoms with E-state index in [1.165, 1.54) is 0 Å². The van der Waals surface area contributed by atoms with Crippen LogP contribution < -0.4 is 9.64 Å². The summed E-state index contributed by atoms with van der Waals surface area (Å²) in [6.07, 6.45) is 3.81. The molecule has 0 bridgehead atoms. The molecule has 0 aromatic carbocycles. The molecule has 1 aliphatic rings. The minimum Gasteiger partial charge on any atom is -0.481 e. The van der Waals surface area contributed by atoms with E-state index in [2.05, 4.69) is 9.88 Å². The van der Waals surface area contributed by atoms with Crippen molar-refractivity contribution in [1.82, 2.24) is 4.98 Å². The smallest absolute Gasteiger partial charge is 0.303 e. The van der Waals surface area contributed by atoms with Crippen LogP contribution in [0, 0.1) is 5.92 Å². The van der Waals surface area contributed by atoms with Gasteiger partial charge in [-0.1, -0.05) is 0 Å². The lowest BCUT2D eigenvalue weighted by molar-refractivity contribution is -0.137. The fourth-order valence-corrected chi connectivity index (χ4v) is 2.34. The van der Waals surface area contributed by atoms with Crippen LogP contribution in [0.5, 0.6) is 5.88 Å². The van der Waals surface area contributed by atoms with E-state index in [-0.39, 0.29) is 6.42 Å². The van der Waals surface area contributed by atoms with Crippen molar-refractivity contribution in [2.45, 2.75) is 19.3 Å². The van der Waals surface area contributed by atoms with Crippen LogP contribution in [-0.4, -0.2) is 36.3 Å². The highest BCUT2D eigenvalue weighted by Crippen LogP contribution is 2.27. The first-order chi connectivity index (χ1) is 8.69. The van der Waals surface area contributed by atoms with Gasteiger partial charge in [-0.25, -0.2) is 4.98 Å². The van der Waals surface area contributed by atoms with E-state index in [0.29, 0.717) is 11.8 Å². The molecule has 98 valence electrons. The second-order valence-electron chi connectivity index (χ2n) is 4.59. The topological polar surface area (TPSA) is 62.7 Å². The summed E-state index contributed by atoms with van der Waals surface area (Å²) < 4.78 is 5.10. The molecule has 2 heterocycles. The fourth-order valence-electron chi connectivity index (χ4n) is 2.34. The van der Waals surface area contributed by atoms with Crippen molar-refractivity contribution in [3.8, 4) is 5.88 Å². The third-order valence-corrected chi connectivity index (χ3v) is 3.35. The van der Waals surface area contributed by atoms with Gasteiger partial charge >= 0.3 is 5.97 Å². The molecule has 1 atom stereocenters. The van der Waals surface area contributed by atoms with Crippen molar-refractivity contribution in [3.63, 3.8) is 0 Å². The predicted molar refractivity (Wildman–Crippen MR) is 68.0 cm³/mol. The number of anilines is 1. The number of aromatic nitrogens is 1. The van der Waals surface area contributed by atoms with Gasteiger partial charge in [0.05, 0.1) is 7.11 Å². The van der Waals surface area contributed by atoms with Gasteiger partial charge in [0.2, 0.25) is 5.88 Å². The Morgan fingerprint density at radius 1 is 1.67 bits per heavy atom. The van der Waals surface area contributed by atoms with Crippen molar-refractivity contribution in [2.75, 3.05) is 25.1 Å². The van der Waals surface area contributed by atoms with E-state index in [0.717, 1.165) is 31.6 Å². The first kappa shape index (κ1) is 12.7. The molecule has 0 amide bonds.